The Kier molecular flexibility index (Phi) is 5.27. The van der Waals surface area contributed by atoms with Crippen molar-refractivity contribution in [1.82, 2.24) is 10.2 Å². The summed E-state index contributed by atoms with van der Waals surface area (Å²) in [5, 5.41) is 13.9. The lowest BCUT2D eigenvalue weighted by Crippen LogP contribution is -2.16. The number of benzene rings is 1. The van der Waals surface area contributed by atoms with E-state index in [4.69, 9.17) is 0 Å². The van der Waals surface area contributed by atoms with Crippen LogP contribution in [-0.4, -0.2) is 22.1 Å². The molecule has 2 rings (SSSR count). The Hall–Kier alpha value is -1.95. The lowest BCUT2D eigenvalue weighted by molar-refractivity contribution is -0.115. The van der Waals surface area contributed by atoms with Crippen molar-refractivity contribution in [2.75, 3.05) is 10.6 Å². The van der Waals surface area contributed by atoms with Gasteiger partial charge in [0.15, 0.2) is 5.82 Å². The summed E-state index contributed by atoms with van der Waals surface area (Å²) in [4.78, 5) is 11.9. The maximum absolute atomic E-state index is 11.9. The quantitative estimate of drug-likeness (QED) is 0.870. The Morgan fingerprint density at radius 2 is 1.90 bits per heavy atom. The minimum Gasteiger partial charge on any atom is -0.366 e. The predicted molar refractivity (Wildman–Crippen MR) is 87.3 cm³/mol. The van der Waals surface area contributed by atoms with Crippen LogP contribution in [0.2, 0.25) is 0 Å². The molecule has 0 aliphatic rings. The van der Waals surface area contributed by atoms with E-state index < -0.39 is 0 Å². The third-order valence-corrected chi connectivity index (χ3v) is 3.12. The minimum atomic E-state index is -0.119. The fourth-order valence-corrected chi connectivity index (χ4v) is 2.24. The summed E-state index contributed by atoms with van der Waals surface area (Å²) in [5.41, 5.74) is 0.938. The Labute approximate surface area is 132 Å². The minimum absolute atomic E-state index is 0.119. The second-order valence-electron chi connectivity index (χ2n) is 4.96. The first-order chi connectivity index (χ1) is 10.0. The van der Waals surface area contributed by atoms with Gasteiger partial charge in [0.05, 0.1) is 6.42 Å². The van der Waals surface area contributed by atoms with Crippen LogP contribution in [0, 0.1) is 0 Å². The maximum atomic E-state index is 11.9. The van der Waals surface area contributed by atoms with Crippen molar-refractivity contribution >= 4 is 33.5 Å². The van der Waals surface area contributed by atoms with Crippen LogP contribution in [0.1, 0.15) is 19.4 Å². The number of amides is 1. The van der Waals surface area contributed by atoms with E-state index in [9.17, 15) is 4.79 Å². The van der Waals surface area contributed by atoms with Crippen molar-refractivity contribution < 1.29 is 4.79 Å². The van der Waals surface area contributed by atoms with Gasteiger partial charge in [-0.25, -0.2) is 0 Å². The molecule has 21 heavy (non-hydrogen) atoms. The summed E-state index contributed by atoms with van der Waals surface area (Å²) in [6.45, 7) is 4.05. The zero-order chi connectivity index (χ0) is 15.2. The molecule has 1 aromatic carbocycles. The zero-order valence-electron chi connectivity index (χ0n) is 11.9. The third kappa shape index (κ3) is 5.15. The van der Waals surface area contributed by atoms with Crippen molar-refractivity contribution in [3.8, 4) is 0 Å². The number of hydrogen-bond donors (Lipinski definition) is 2. The zero-order valence-corrected chi connectivity index (χ0v) is 13.5. The summed E-state index contributed by atoms with van der Waals surface area (Å²) < 4.78 is 0.955. The van der Waals surface area contributed by atoms with E-state index in [0.29, 0.717) is 18.1 Å². The molecule has 1 amide bonds. The Balaban J connectivity index is 1.93. The van der Waals surface area contributed by atoms with Crippen molar-refractivity contribution in [1.29, 1.82) is 0 Å². The number of hydrogen-bond acceptors (Lipinski definition) is 4. The van der Waals surface area contributed by atoms with Gasteiger partial charge < -0.3 is 10.6 Å². The van der Waals surface area contributed by atoms with Gasteiger partial charge in [0.25, 0.3) is 0 Å². The molecule has 0 aliphatic heterocycles. The SMILES string of the molecule is CC(C)Nc1ccc(NC(=O)Cc2cccc(Br)c2)nn1. The molecular weight excluding hydrogens is 332 g/mol. The molecule has 1 heterocycles. The highest BCUT2D eigenvalue weighted by atomic mass is 79.9. The summed E-state index contributed by atoms with van der Waals surface area (Å²) in [5.74, 6) is 1.02. The van der Waals surface area contributed by atoms with Crippen molar-refractivity contribution in [2.24, 2.45) is 0 Å². The number of aromatic nitrogens is 2. The molecule has 0 bridgehead atoms. The van der Waals surface area contributed by atoms with Crippen LogP contribution in [0.25, 0.3) is 0 Å². The van der Waals surface area contributed by atoms with Gasteiger partial charge in [0.1, 0.15) is 5.82 Å². The monoisotopic (exact) mass is 348 g/mol. The Morgan fingerprint density at radius 1 is 1.19 bits per heavy atom. The summed E-state index contributed by atoms with van der Waals surface area (Å²) in [7, 11) is 0. The lowest BCUT2D eigenvalue weighted by Gasteiger charge is -2.09. The number of carbonyl (C=O) groups excluding carboxylic acids is 1. The predicted octanol–water partition coefficient (Wildman–Crippen LogP) is 3.24. The summed E-state index contributed by atoms with van der Waals surface area (Å²) in [6.07, 6.45) is 0.299. The number of nitrogens with one attached hydrogen (secondary N) is 2. The van der Waals surface area contributed by atoms with Crippen LogP contribution in [0.5, 0.6) is 0 Å². The largest absolute Gasteiger partial charge is 0.366 e. The van der Waals surface area contributed by atoms with E-state index in [1.54, 1.807) is 12.1 Å². The van der Waals surface area contributed by atoms with Crippen LogP contribution in [0.3, 0.4) is 0 Å². The number of nitrogens with zero attached hydrogens (tertiary/aromatic N) is 2. The number of carbonyl (C=O) groups is 1. The first-order valence-corrected chi connectivity index (χ1v) is 7.47. The molecule has 5 nitrogen and oxygen atoms in total. The van der Waals surface area contributed by atoms with E-state index in [2.05, 4.69) is 36.8 Å². The van der Waals surface area contributed by atoms with Crippen LogP contribution in [0.15, 0.2) is 40.9 Å². The molecule has 0 fully saturated rings. The standard InChI is InChI=1S/C15H17BrN4O/c1-10(2)17-13-6-7-14(20-19-13)18-15(21)9-11-4-3-5-12(16)8-11/h3-8,10H,9H2,1-2H3,(H,17,19)(H,18,20,21). The van der Waals surface area contributed by atoms with E-state index in [-0.39, 0.29) is 11.9 Å². The fraction of sp³-hybridized carbons (Fsp3) is 0.267. The van der Waals surface area contributed by atoms with Crippen molar-refractivity contribution in [2.45, 2.75) is 26.3 Å². The number of rotatable bonds is 5. The average Bonchev–Trinajstić information content (AvgIpc) is 2.40. The normalized spacial score (nSPS) is 10.5. The van der Waals surface area contributed by atoms with E-state index in [0.717, 1.165) is 10.0 Å². The molecule has 2 aromatic rings. The fourth-order valence-electron chi connectivity index (χ4n) is 1.79. The maximum Gasteiger partial charge on any atom is 0.229 e. The Bertz CT molecular complexity index is 613. The van der Waals surface area contributed by atoms with Gasteiger partial charge >= 0.3 is 0 Å². The highest BCUT2D eigenvalue weighted by molar-refractivity contribution is 9.10. The lowest BCUT2D eigenvalue weighted by atomic mass is 10.1. The molecular formula is C15H17BrN4O. The van der Waals surface area contributed by atoms with Crippen LogP contribution >= 0.6 is 15.9 Å². The van der Waals surface area contributed by atoms with Gasteiger partial charge in [0.2, 0.25) is 5.91 Å². The second-order valence-corrected chi connectivity index (χ2v) is 5.87. The molecule has 0 atom stereocenters. The van der Waals surface area contributed by atoms with Gasteiger partial charge in [-0.2, -0.15) is 0 Å². The average molecular weight is 349 g/mol. The van der Waals surface area contributed by atoms with Crippen LogP contribution < -0.4 is 10.6 Å². The summed E-state index contributed by atoms with van der Waals surface area (Å²) >= 11 is 3.39. The molecule has 0 spiro atoms. The molecule has 110 valence electrons. The molecule has 0 saturated carbocycles. The van der Waals surface area contributed by atoms with Gasteiger partial charge in [-0.05, 0) is 43.7 Å². The van der Waals surface area contributed by atoms with E-state index in [1.165, 1.54) is 0 Å². The highest BCUT2D eigenvalue weighted by Gasteiger charge is 2.06. The summed E-state index contributed by atoms with van der Waals surface area (Å²) in [6, 6.07) is 11.5. The third-order valence-electron chi connectivity index (χ3n) is 2.62. The smallest absolute Gasteiger partial charge is 0.229 e. The van der Waals surface area contributed by atoms with Gasteiger partial charge in [0, 0.05) is 10.5 Å². The van der Waals surface area contributed by atoms with Gasteiger partial charge in [-0.3, -0.25) is 4.79 Å². The molecule has 0 aliphatic carbocycles. The van der Waals surface area contributed by atoms with Gasteiger partial charge in [-0.15, -0.1) is 10.2 Å². The van der Waals surface area contributed by atoms with Gasteiger partial charge in [-0.1, -0.05) is 28.1 Å². The molecule has 0 unspecified atom stereocenters. The first-order valence-electron chi connectivity index (χ1n) is 6.67. The molecule has 0 radical (unpaired) electrons. The van der Waals surface area contributed by atoms with Crippen LogP contribution in [-0.2, 0) is 11.2 Å². The molecule has 2 N–H and O–H groups in total. The molecule has 1 aromatic heterocycles. The topological polar surface area (TPSA) is 66.9 Å². The second kappa shape index (κ2) is 7.17. The molecule has 6 heteroatoms. The number of anilines is 2. The van der Waals surface area contributed by atoms with Crippen molar-refractivity contribution in [3.05, 3.63) is 46.4 Å². The van der Waals surface area contributed by atoms with Crippen molar-refractivity contribution in [3.63, 3.8) is 0 Å². The Morgan fingerprint density at radius 3 is 2.52 bits per heavy atom. The van der Waals surface area contributed by atoms with Crippen LogP contribution in [0.4, 0.5) is 11.6 Å². The van der Waals surface area contributed by atoms with E-state index in [1.807, 2.05) is 38.1 Å². The highest BCUT2D eigenvalue weighted by Crippen LogP contribution is 2.13. The van der Waals surface area contributed by atoms with E-state index >= 15 is 0 Å². The number of halogens is 1. The molecule has 0 saturated heterocycles. The first kappa shape index (κ1) is 15.4.